The van der Waals surface area contributed by atoms with E-state index in [-0.39, 0.29) is 5.78 Å². The number of methoxy groups -OCH3 is 2. The van der Waals surface area contributed by atoms with Crippen molar-refractivity contribution in [1.29, 1.82) is 0 Å². The Hall–Kier alpha value is -5.56. The number of para-hydroxylation sites is 2. The Morgan fingerprint density at radius 3 is 2.04 bits per heavy atom. The number of hydrogen-bond donors (Lipinski definition) is 2. The van der Waals surface area contributed by atoms with Crippen molar-refractivity contribution in [3.05, 3.63) is 155 Å². The minimum atomic E-state index is -0.685. The van der Waals surface area contributed by atoms with Crippen LogP contribution in [0.1, 0.15) is 39.0 Å². The first kappa shape index (κ1) is 32.8. The van der Waals surface area contributed by atoms with Crippen molar-refractivity contribution in [2.45, 2.75) is 25.3 Å². The zero-order valence-corrected chi connectivity index (χ0v) is 26.8. The highest BCUT2D eigenvalue weighted by Crippen LogP contribution is 2.23. The fourth-order valence-corrected chi connectivity index (χ4v) is 5.33. The van der Waals surface area contributed by atoms with Crippen LogP contribution in [0.25, 0.3) is 0 Å². The minimum Gasteiger partial charge on any atom is -0.497 e. The largest absolute Gasteiger partial charge is 0.497 e. The Bertz CT molecular complexity index is 1740. The minimum absolute atomic E-state index is 0.119. The molecule has 5 rings (SSSR count). The molecule has 47 heavy (non-hydrogen) atoms. The quantitative estimate of drug-likeness (QED) is 0.0662. The maximum absolute atomic E-state index is 13.2. The van der Waals surface area contributed by atoms with Crippen molar-refractivity contribution in [1.82, 2.24) is 0 Å². The number of benzene rings is 5. The van der Waals surface area contributed by atoms with Crippen LogP contribution < -0.4 is 20.1 Å². The van der Waals surface area contributed by atoms with Gasteiger partial charge >= 0.3 is 5.97 Å². The van der Waals surface area contributed by atoms with Gasteiger partial charge < -0.3 is 24.8 Å². The summed E-state index contributed by atoms with van der Waals surface area (Å²) in [5, 5.41) is 6.81. The molecule has 1 unspecified atom stereocenters. The summed E-state index contributed by atoms with van der Waals surface area (Å²) in [4.78, 5) is 26.0. The van der Waals surface area contributed by atoms with E-state index < -0.39 is 12.0 Å². The van der Waals surface area contributed by atoms with E-state index in [1.54, 1.807) is 31.4 Å². The van der Waals surface area contributed by atoms with E-state index in [1.165, 1.54) is 18.2 Å². The van der Waals surface area contributed by atoms with Crippen molar-refractivity contribution in [3.63, 3.8) is 0 Å². The highest BCUT2D eigenvalue weighted by molar-refractivity contribution is 6.12. The van der Waals surface area contributed by atoms with Gasteiger partial charge in [0.2, 0.25) is 0 Å². The second-order valence-corrected chi connectivity index (χ2v) is 11.1. The molecule has 0 saturated carbocycles. The number of ether oxygens (including phenoxy) is 3. The third-order valence-corrected chi connectivity index (χ3v) is 7.86. The SMILES string of the molecule is COC(=O)C(Cc1ccc(OCCCNc2ccccc2Cc2ccc(OC)cc2)cc1)Nc1ccccc1C(=O)c1ccccc1. The monoisotopic (exact) mass is 628 g/mol. The zero-order chi connectivity index (χ0) is 32.8. The smallest absolute Gasteiger partial charge is 0.328 e. The molecule has 0 amide bonds. The lowest BCUT2D eigenvalue weighted by atomic mass is 10.00. The molecule has 240 valence electrons. The highest BCUT2D eigenvalue weighted by atomic mass is 16.5. The van der Waals surface area contributed by atoms with Gasteiger partial charge in [-0.1, -0.05) is 84.9 Å². The Morgan fingerprint density at radius 1 is 0.681 bits per heavy atom. The van der Waals surface area contributed by atoms with Crippen molar-refractivity contribution >= 4 is 23.1 Å². The molecule has 7 heteroatoms. The van der Waals surface area contributed by atoms with Gasteiger partial charge in [0.05, 0.1) is 20.8 Å². The Kier molecular flexibility index (Phi) is 11.6. The van der Waals surface area contributed by atoms with Gasteiger partial charge in [-0.2, -0.15) is 0 Å². The average molecular weight is 629 g/mol. The van der Waals surface area contributed by atoms with Crippen LogP contribution in [0.4, 0.5) is 11.4 Å². The lowest BCUT2D eigenvalue weighted by Crippen LogP contribution is -2.33. The van der Waals surface area contributed by atoms with E-state index in [2.05, 4.69) is 41.0 Å². The topological polar surface area (TPSA) is 85.9 Å². The molecule has 0 aromatic heterocycles. The number of carbonyl (C=O) groups is 2. The van der Waals surface area contributed by atoms with Crippen LogP contribution in [0.15, 0.2) is 127 Å². The van der Waals surface area contributed by atoms with Gasteiger partial charge in [-0.25, -0.2) is 4.79 Å². The predicted molar refractivity (Wildman–Crippen MR) is 187 cm³/mol. The summed E-state index contributed by atoms with van der Waals surface area (Å²) in [6, 6.07) is 39.8. The molecule has 0 aliphatic rings. The molecule has 0 aliphatic heterocycles. The van der Waals surface area contributed by atoms with Crippen molar-refractivity contribution in [2.24, 2.45) is 0 Å². The Labute approximate surface area is 276 Å². The molecule has 0 bridgehead atoms. The van der Waals surface area contributed by atoms with Crippen LogP contribution in [0.2, 0.25) is 0 Å². The molecule has 0 fully saturated rings. The lowest BCUT2D eigenvalue weighted by Gasteiger charge is -2.20. The molecular formula is C40H40N2O5. The molecule has 0 spiro atoms. The second-order valence-electron chi connectivity index (χ2n) is 11.1. The average Bonchev–Trinajstić information content (AvgIpc) is 3.12. The molecule has 0 radical (unpaired) electrons. The van der Waals surface area contributed by atoms with Gasteiger partial charge in [-0.05, 0) is 72.0 Å². The number of hydrogen-bond acceptors (Lipinski definition) is 7. The van der Waals surface area contributed by atoms with Crippen LogP contribution in [-0.2, 0) is 22.4 Å². The van der Waals surface area contributed by atoms with Crippen LogP contribution in [0.3, 0.4) is 0 Å². The maximum Gasteiger partial charge on any atom is 0.328 e. The molecule has 0 heterocycles. The van der Waals surface area contributed by atoms with E-state index in [1.807, 2.05) is 72.8 Å². The number of rotatable bonds is 16. The van der Waals surface area contributed by atoms with Crippen LogP contribution in [0, 0.1) is 0 Å². The standard InChI is InChI=1S/C40H40N2O5/c1-45-33-21-17-29(18-22-33)27-32-13-6-8-15-36(32)41-25-10-26-47-34-23-19-30(20-24-34)28-38(40(44)46-2)42-37-16-9-7-14-35(37)39(43)31-11-4-3-5-12-31/h3-9,11-24,38,41-42H,10,25-28H2,1-2H3. The van der Waals surface area contributed by atoms with E-state index in [0.717, 1.165) is 42.1 Å². The van der Waals surface area contributed by atoms with E-state index in [0.29, 0.717) is 29.8 Å². The van der Waals surface area contributed by atoms with Gasteiger partial charge in [-0.3, -0.25) is 4.79 Å². The first-order valence-corrected chi connectivity index (χ1v) is 15.7. The van der Waals surface area contributed by atoms with Gasteiger partial charge in [0.15, 0.2) is 5.78 Å². The van der Waals surface area contributed by atoms with Crippen molar-refractivity contribution in [3.8, 4) is 11.5 Å². The molecule has 1 atom stereocenters. The molecular weight excluding hydrogens is 588 g/mol. The third kappa shape index (κ3) is 9.23. The third-order valence-electron chi connectivity index (χ3n) is 7.86. The summed E-state index contributed by atoms with van der Waals surface area (Å²) in [5.74, 6) is 1.08. The summed E-state index contributed by atoms with van der Waals surface area (Å²) >= 11 is 0. The van der Waals surface area contributed by atoms with Crippen LogP contribution in [-0.4, -0.2) is 45.2 Å². The van der Waals surface area contributed by atoms with Gasteiger partial charge in [0.1, 0.15) is 17.5 Å². The molecule has 5 aromatic carbocycles. The van der Waals surface area contributed by atoms with E-state index in [4.69, 9.17) is 14.2 Å². The number of ketones is 1. The number of carbonyl (C=O) groups excluding carboxylic acids is 2. The highest BCUT2D eigenvalue weighted by Gasteiger charge is 2.22. The first-order valence-electron chi connectivity index (χ1n) is 15.7. The van der Waals surface area contributed by atoms with Gasteiger partial charge in [0, 0.05) is 35.5 Å². The molecule has 2 N–H and O–H groups in total. The summed E-state index contributed by atoms with van der Waals surface area (Å²) in [6.45, 7) is 1.34. The van der Waals surface area contributed by atoms with Gasteiger partial charge in [0.25, 0.3) is 0 Å². The summed E-state index contributed by atoms with van der Waals surface area (Å²) < 4.78 is 16.4. The summed E-state index contributed by atoms with van der Waals surface area (Å²) in [6.07, 6.45) is 2.04. The number of esters is 1. The first-order chi connectivity index (χ1) is 23.0. The van der Waals surface area contributed by atoms with Crippen molar-refractivity contribution in [2.75, 3.05) is 38.0 Å². The summed E-state index contributed by atoms with van der Waals surface area (Å²) in [5.41, 5.74) is 6.16. The fraction of sp³-hybridized carbons (Fsp3) is 0.200. The molecule has 0 aliphatic carbocycles. The van der Waals surface area contributed by atoms with E-state index >= 15 is 0 Å². The second kappa shape index (κ2) is 16.7. The van der Waals surface area contributed by atoms with Crippen LogP contribution in [0.5, 0.6) is 11.5 Å². The molecule has 7 nitrogen and oxygen atoms in total. The fourth-order valence-electron chi connectivity index (χ4n) is 5.33. The normalized spacial score (nSPS) is 11.3. The lowest BCUT2D eigenvalue weighted by molar-refractivity contribution is -0.141. The van der Waals surface area contributed by atoms with Crippen LogP contribution >= 0.6 is 0 Å². The van der Waals surface area contributed by atoms with Crippen molar-refractivity contribution < 1.29 is 23.8 Å². The van der Waals surface area contributed by atoms with E-state index in [9.17, 15) is 9.59 Å². The molecule has 0 saturated heterocycles. The maximum atomic E-state index is 13.2. The van der Waals surface area contributed by atoms with Gasteiger partial charge in [-0.15, -0.1) is 0 Å². The molecule has 5 aromatic rings. The zero-order valence-electron chi connectivity index (χ0n) is 26.8. The Morgan fingerprint density at radius 2 is 1.32 bits per heavy atom. The number of anilines is 2. The number of nitrogens with one attached hydrogen (secondary N) is 2. The predicted octanol–water partition coefficient (Wildman–Crippen LogP) is 7.59. The summed E-state index contributed by atoms with van der Waals surface area (Å²) in [7, 11) is 3.04. The Balaban J connectivity index is 1.12.